The van der Waals surface area contributed by atoms with Gasteiger partial charge >= 0.3 is 0 Å². The van der Waals surface area contributed by atoms with Crippen LogP contribution in [0.1, 0.15) is 18.3 Å². The van der Waals surface area contributed by atoms with Gasteiger partial charge in [-0.2, -0.15) is 0 Å². The van der Waals surface area contributed by atoms with Gasteiger partial charge in [0.25, 0.3) is 0 Å². The Balaban J connectivity index is 1.98. The average molecular weight is 209 g/mol. The summed E-state index contributed by atoms with van der Waals surface area (Å²) in [4.78, 5) is 4.58. The van der Waals surface area contributed by atoms with Crippen molar-refractivity contribution in [1.29, 1.82) is 0 Å². The number of ether oxygens (including phenoxy) is 2. The van der Waals surface area contributed by atoms with Crippen molar-refractivity contribution in [3.05, 3.63) is 35.9 Å². The normalized spacial score (nSPS) is 26.5. The van der Waals surface area contributed by atoms with Gasteiger partial charge in [-0.25, -0.2) is 5.90 Å². The Bertz CT molecular complexity index is 289. The molecular weight excluding hydrogens is 194 g/mol. The van der Waals surface area contributed by atoms with Crippen molar-refractivity contribution < 1.29 is 14.3 Å². The van der Waals surface area contributed by atoms with Crippen LogP contribution in [-0.2, 0) is 14.3 Å². The van der Waals surface area contributed by atoms with Crippen LogP contribution in [0.25, 0.3) is 0 Å². The first-order valence-corrected chi connectivity index (χ1v) is 5.04. The van der Waals surface area contributed by atoms with Crippen LogP contribution in [0.4, 0.5) is 0 Å². The highest BCUT2D eigenvalue weighted by Gasteiger charge is 2.23. The molecule has 2 N–H and O–H groups in total. The summed E-state index contributed by atoms with van der Waals surface area (Å²) in [5, 5.41) is 0. The Morgan fingerprint density at radius 1 is 1.33 bits per heavy atom. The van der Waals surface area contributed by atoms with E-state index in [0.29, 0.717) is 13.2 Å². The van der Waals surface area contributed by atoms with Gasteiger partial charge in [0.1, 0.15) is 0 Å². The monoisotopic (exact) mass is 209 g/mol. The first-order chi connectivity index (χ1) is 7.40. The summed E-state index contributed by atoms with van der Waals surface area (Å²) in [5.74, 6) is 5.02. The summed E-state index contributed by atoms with van der Waals surface area (Å²) < 4.78 is 11.2. The van der Waals surface area contributed by atoms with E-state index in [4.69, 9.17) is 15.4 Å². The zero-order valence-electron chi connectivity index (χ0n) is 8.46. The summed E-state index contributed by atoms with van der Waals surface area (Å²) in [6.07, 6.45) is 0.551. The fourth-order valence-electron chi connectivity index (χ4n) is 1.60. The molecule has 2 atom stereocenters. The van der Waals surface area contributed by atoms with Gasteiger partial charge in [-0.3, -0.25) is 0 Å². The van der Waals surface area contributed by atoms with E-state index in [0.717, 1.165) is 12.0 Å². The van der Waals surface area contributed by atoms with Crippen molar-refractivity contribution in [2.75, 3.05) is 13.2 Å². The standard InChI is InChI=1S/C11H15NO3/c12-14-8-10-6-7-13-11(15-10)9-4-2-1-3-5-9/h1-5,10-11H,6-8,12H2/t10?,11-/m1/s1. The molecule has 0 saturated carbocycles. The molecule has 15 heavy (non-hydrogen) atoms. The largest absolute Gasteiger partial charge is 0.348 e. The van der Waals surface area contributed by atoms with Gasteiger partial charge in [0.05, 0.1) is 19.3 Å². The topological polar surface area (TPSA) is 53.7 Å². The first kappa shape index (κ1) is 10.6. The molecule has 0 spiro atoms. The molecule has 1 aromatic carbocycles. The molecule has 1 fully saturated rings. The van der Waals surface area contributed by atoms with Gasteiger partial charge < -0.3 is 14.3 Å². The fraction of sp³-hybridized carbons (Fsp3) is 0.455. The Morgan fingerprint density at radius 2 is 2.13 bits per heavy atom. The van der Waals surface area contributed by atoms with E-state index in [9.17, 15) is 0 Å². The molecule has 1 aliphatic rings. The molecule has 1 aliphatic heterocycles. The second kappa shape index (κ2) is 5.23. The van der Waals surface area contributed by atoms with Crippen molar-refractivity contribution in [1.82, 2.24) is 0 Å². The molecule has 2 rings (SSSR count). The molecule has 1 saturated heterocycles. The van der Waals surface area contributed by atoms with E-state index in [-0.39, 0.29) is 12.4 Å². The lowest BCUT2D eigenvalue weighted by Crippen LogP contribution is -2.31. The Hall–Kier alpha value is -0.940. The van der Waals surface area contributed by atoms with Crippen LogP contribution in [0.15, 0.2) is 30.3 Å². The van der Waals surface area contributed by atoms with Crippen LogP contribution < -0.4 is 5.90 Å². The predicted octanol–water partition coefficient (Wildman–Crippen LogP) is 1.38. The lowest BCUT2D eigenvalue weighted by atomic mass is 10.2. The van der Waals surface area contributed by atoms with Crippen molar-refractivity contribution in [3.8, 4) is 0 Å². The molecular formula is C11H15NO3. The van der Waals surface area contributed by atoms with Gasteiger partial charge in [0.2, 0.25) is 0 Å². The van der Waals surface area contributed by atoms with Gasteiger partial charge in [0.15, 0.2) is 6.29 Å². The molecule has 1 heterocycles. The highest BCUT2D eigenvalue weighted by Crippen LogP contribution is 2.25. The summed E-state index contributed by atoms with van der Waals surface area (Å²) in [6, 6.07) is 9.86. The Morgan fingerprint density at radius 3 is 2.87 bits per heavy atom. The van der Waals surface area contributed by atoms with E-state index < -0.39 is 0 Å². The highest BCUT2D eigenvalue weighted by molar-refractivity contribution is 5.16. The summed E-state index contributed by atoms with van der Waals surface area (Å²) >= 11 is 0. The lowest BCUT2D eigenvalue weighted by Gasteiger charge is -2.29. The second-order valence-corrected chi connectivity index (χ2v) is 3.49. The fourth-order valence-corrected chi connectivity index (χ4v) is 1.60. The molecule has 4 heteroatoms. The van der Waals surface area contributed by atoms with Gasteiger partial charge in [-0.1, -0.05) is 30.3 Å². The highest BCUT2D eigenvalue weighted by atomic mass is 16.7. The van der Waals surface area contributed by atoms with Crippen LogP contribution in [0.5, 0.6) is 0 Å². The molecule has 0 aromatic heterocycles. The van der Waals surface area contributed by atoms with Crippen LogP contribution in [0.3, 0.4) is 0 Å². The third kappa shape index (κ3) is 2.76. The van der Waals surface area contributed by atoms with E-state index in [1.165, 1.54) is 0 Å². The maximum atomic E-state index is 5.69. The molecule has 0 bridgehead atoms. The van der Waals surface area contributed by atoms with Crippen molar-refractivity contribution >= 4 is 0 Å². The minimum atomic E-state index is -0.292. The van der Waals surface area contributed by atoms with Gasteiger partial charge in [0, 0.05) is 5.56 Å². The van der Waals surface area contributed by atoms with Gasteiger partial charge in [-0.05, 0) is 6.42 Å². The van der Waals surface area contributed by atoms with E-state index >= 15 is 0 Å². The van der Waals surface area contributed by atoms with E-state index in [2.05, 4.69) is 4.84 Å². The van der Waals surface area contributed by atoms with Gasteiger partial charge in [-0.15, -0.1) is 0 Å². The number of benzene rings is 1. The van der Waals surface area contributed by atoms with Crippen LogP contribution in [0, 0.1) is 0 Å². The quantitative estimate of drug-likeness (QED) is 0.764. The summed E-state index contributed by atoms with van der Waals surface area (Å²) in [7, 11) is 0. The molecule has 0 aliphatic carbocycles. The Labute approximate surface area is 88.9 Å². The minimum absolute atomic E-state index is 0.0222. The second-order valence-electron chi connectivity index (χ2n) is 3.49. The Kier molecular flexibility index (Phi) is 3.69. The zero-order chi connectivity index (χ0) is 10.5. The number of hydrogen-bond donors (Lipinski definition) is 1. The smallest absolute Gasteiger partial charge is 0.184 e. The van der Waals surface area contributed by atoms with Crippen molar-refractivity contribution in [2.24, 2.45) is 5.90 Å². The lowest BCUT2D eigenvalue weighted by molar-refractivity contribution is -0.227. The third-order valence-corrected chi connectivity index (χ3v) is 2.38. The predicted molar refractivity (Wildman–Crippen MR) is 54.8 cm³/mol. The van der Waals surface area contributed by atoms with E-state index in [1.807, 2.05) is 30.3 Å². The maximum Gasteiger partial charge on any atom is 0.184 e. The first-order valence-electron chi connectivity index (χ1n) is 5.04. The average Bonchev–Trinajstić information content (AvgIpc) is 2.31. The van der Waals surface area contributed by atoms with Crippen molar-refractivity contribution in [2.45, 2.75) is 18.8 Å². The van der Waals surface area contributed by atoms with Crippen LogP contribution in [-0.4, -0.2) is 19.3 Å². The summed E-state index contributed by atoms with van der Waals surface area (Å²) in [6.45, 7) is 1.08. The molecule has 4 nitrogen and oxygen atoms in total. The maximum absolute atomic E-state index is 5.69. The van der Waals surface area contributed by atoms with Crippen LogP contribution in [0.2, 0.25) is 0 Å². The number of nitrogens with two attached hydrogens (primary N) is 1. The van der Waals surface area contributed by atoms with Crippen LogP contribution >= 0.6 is 0 Å². The molecule has 0 radical (unpaired) electrons. The van der Waals surface area contributed by atoms with E-state index in [1.54, 1.807) is 0 Å². The van der Waals surface area contributed by atoms with Crippen molar-refractivity contribution in [3.63, 3.8) is 0 Å². The molecule has 1 unspecified atom stereocenters. The minimum Gasteiger partial charge on any atom is -0.348 e. The summed E-state index contributed by atoms with van der Waals surface area (Å²) in [5.41, 5.74) is 1.03. The number of rotatable bonds is 3. The zero-order valence-corrected chi connectivity index (χ0v) is 8.46. The number of hydrogen-bond acceptors (Lipinski definition) is 4. The molecule has 1 aromatic rings. The molecule has 0 amide bonds. The third-order valence-electron chi connectivity index (χ3n) is 2.38. The molecule has 82 valence electrons. The SMILES string of the molecule is NOCC1CCO[C@@H](c2ccccc2)O1.